The van der Waals surface area contributed by atoms with Crippen molar-refractivity contribution in [3.8, 4) is 0 Å². The molecule has 2 N–H and O–H groups in total. The number of allylic oxidation sites excluding steroid dienone is 2. The molecule has 1 rings (SSSR count). The van der Waals surface area contributed by atoms with Gasteiger partial charge in [0.15, 0.2) is 5.76 Å². The van der Waals surface area contributed by atoms with E-state index in [0.717, 1.165) is 0 Å². The number of hydrogen-bond donors (Lipinski definition) is 2. The first-order chi connectivity index (χ1) is 5.33. The maximum Gasteiger partial charge on any atom is 0.215 e. The zero-order chi connectivity index (χ0) is 9.52. The zero-order valence-corrected chi connectivity index (χ0v) is 7.56. The summed E-state index contributed by atoms with van der Waals surface area (Å²) in [6, 6.07) is 0. The number of carbonyl (C=O) groups excluding carboxylic acids is 1. The van der Waals surface area contributed by atoms with Gasteiger partial charge in [0, 0.05) is 5.54 Å². The molecule has 0 aromatic carbocycles. The van der Waals surface area contributed by atoms with E-state index >= 15 is 0 Å². The van der Waals surface area contributed by atoms with E-state index in [1.807, 2.05) is 20.8 Å². The third kappa shape index (κ3) is 1.35. The van der Waals surface area contributed by atoms with Crippen LogP contribution in [0.15, 0.2) is 23.6 Å². The van der Waals surface area contributed by atoms with Gasteiger partial charge in [-0.3, -0.25) is 4.79 Å². The van der Waals surface area contributed by atoms with Gasteiger partial charge < -0.3 is 10.4 Å². The lowest BCUT2D eigenvalue weighted by atomic mass is 9.93. The highest BCUT2D eigenvalue weighted by atomic mass is 16.3. The lowest BCUT2D eigenvalue weighted by molar-refractivity contribution is -0.114. The Morgan fingerprint density at radius 2 is 1.92 bits per heavy atom. The zero-order valence-electron chi connectivity index (χ0n) is 7.56. The second-order valence-corrected chi connectivity index (χ2v) is 3.91. The molecule has 0 atom stereocenters. The topological polar surface area (TPSA) is 49.3 Å². The molecule has 0 saturated carbocycles. The maximum atomic E-state index is 11.1. The third-order valence-electron chi connectivity index (χ3n) is 1.52. The first-order valence-electron chi connectivity index (χ1n) is 3.78. The molecule has 0 amide bonds. The number of ketones is 1. The molecule has 1 aliphatic rings. The summed E-state index contributed by atoms with van der Waals surface area (Å²) in [6.45, 7) is 9.16. The summed E-state index contributed by atoms with van der Waals surface area (Å²) < 4.78 is 0. The number of aliphatic hydroxyl groups is 1. The van der Waals surface area contributed by atoms with Crippen LogP contribution in [0.1, 0.15) is 20.8 Å². The summed E-state index contributed by atoms with van der Waals surface area (Å²) in [6.07, 6.45) is 0. The van der Waals surface area contributed by atoms with Gasteiger partial charge in [0.05, 0.1) is 5.57 Å². The van der Waals surface area contributed by atoms with Crippen molar-refractivity contribution >= 4 is 5.78 Å². The Morgan fingerprint density at radius 3 is 2.25 bits per heavy atom. The Morgan fingerprint density at radius 1 is 1.42 bits per heavy atom. The van der Waals surface area contributed by atoms with Crippen LogP contribution in [0, 0.1) is 0 Å². The molecular weight excluding hydrogens is 154 g/mol. The summed E-state index contributed by atoms with van der Waals surface area (Å²) in [4.78, 5) is 11.1. The van der Waals surface area contributed by atoms with E-state index in [-0.39, 0.29) is 28.4 Å². The molecule has 3 nitrogen and oxygen atoms in total. The Bertz CT molecular complexity index is 281. The molecule has 0 aromatic rings. The van der Waals surface area contributed by atoms with E-state index in [2.05, 4.69) is 11.9 Å². The predicted octanol–water partition coefficient (Wildman–Crippen LogP) is 1.28. The van der Waals surface area contributed by atoms with Gasteiger partial charge in [0.25, 0.3) is 0 Å². The van der Waals surface area contributed by atoms with Crippen molar-refractivity contribution in [1.82, 2.24) is 5.32 Å². The van der Waals surface area contributed by atoms with Gasteiger partial charge in [0.2, 0.25) is 5.78 Å². The molecule has 1 aliphatic carbocycles. The van der Waals surface area contributed by atoms with Gasteiger partial charge >= 0.3 is 0 Å². The SMILES string of the molecule is C=C1C(=O)C(NC(C)(C)C)=C1O. The van der Waals surface area contributed by atoms with E-state index in [0.29, 0.717) is 0 Å². The lowest BCUT2D eigenvalue weighted by Gasteiger charge is -2.29. The number of nitrogens with one attached hydrogen (secondary N) is 1. The van der Waals surface area contributed by atoms with Gasteiger partial charge in [-0.1, -0.05) is 6.58 Å². The lowest BCUT2D eigenvalue weighted by Crippen LogP contribution is -2.42. The number of Topliss-reactive ketones (excluding diaryl/α,β-unsaturated/α-hetero) is 1. The van der Waals surface area contributed by atoms with E-state index in [1.165, 1.54) is 0 Å². The normalized spacial score (nSPS) is 17.9. The highest BCUT2D eigenvalue weighted by molar-refractivity contribution is 6.18. The molecule has 0 heterocycles. The number of hydrogen-bond acceptors (Lipinski definition) is 3. The van der Waals surface area contributed by atoms with Crippen LogP contribution in [0.4, 0.5) is 0 Å². The highest BCUT2D eigenvalue weighted by Crippen LogP contribution is 2.25. The fourth-order valence-electron chi connectivity index (χ4n) is 0.945. The van der Waals surface area contributed by atoms with Crippen molar-refractivity contribution in [2.24, 2.45) is 0 Å². The highest BCUT2D eigenvalue weighted by Gasteiger charge is 2.33. The van der Waals surface area contributed by atoms with Crippen molar-refractivity contribution in [2.75, 3.05) is 0 Å². The number of rotatable bonds is 1. The van der Waals surface area contributed by atoms with E-state index in [4.69, 9.17) is 0 Å². The summed E-state index contributed by atoms with van der Waals surface area (Å²) in [7, 11) is 0. The molecule has 0 fully saturated rings. The fraction of sp³-hybridized carbons (Fsp3) is 0.444. The van der Waals surface area contributed by atoms with E-state index in [1.54, 1.807) is 0 Å². The quantitative estimate of drug-likeness (QED) is 0.578. The Labute approximate surface area is 71.8 Å². The number of aliphatic hydroxyl groups excluding tert-OH is 1. The summed E-state index contributed by atoms with van der Waals surface area (Å²) >= 11 is 0. The first kappa shape index (κ1) is 8.84. The monoisotopic (exact) mass is 167 g/mol. The second-order valence-electron chi connectivity index (χ2n) is 3.91. The minimum Gasteiger partial charge on any atom is -0.505 e. The van der Waals surface area contributed by atoms with Crippen molar-refractivity contribution in [3.05, 3.63) is 23.6 Å². The van der Waals surface area contributed by atoms with Gasteiger partial charge in [0.1, 0.15) is 5.70 Å². The molecule has 66 valence electrons. The molecule has 0 radical (unpaired) electrons. The smallest absolute Gasteiger partial charge is 0.215 e. The molecule has 0 unspecified atom stereocenters. The van der Waals surface area contributed by atoms with Gasteiger partial charge in [-0.05, 0) is 20.8 Å². The van der Waals surface area contributed by atoms with Crippen LogP contribution >= 0.6 is 0 Å². The van der Waals surface area contributed by atoms with Crippen LogP contribution in [0.25, 0.3) is 0 Å². The average Bonchev–Trinajstić information content (AvgIpc) is 1.96. The Hall–Kier alpha value is -1.25. The predicted molar refractivity (Wildman–Crippen MR) is 46.7 cm³/mol. The molecular formula is C9H13NO2. The van der Waals surface area contributed by atoms with Crippen LogP contribution in [0.2, 0.25) is 0 Å². The molecule has 0 aliphatic heterocycles. The fourth-order valence-corrected chi connectivity index (χ4v) is 0.945. The van der Waals surface area contributed by atoms with Crippen LogP contribution < -0.4 is 5.32 Å². The van der Waals surface area contributed by atoms with Crippen LogP contribution in [-0.2, 0) is 4.79 Å². The summed E-state index contributed by atoms with van der Waals surface area (Å²) in [5, 5.41) is 12.1. The van der Waals surface area contributed by atoms with Gasteiger partial charge in [-0.2, -0.15) is 0 Å². The van der Waals surface area contributed by atoms with E-state index < -0.39 is 0 Å². The second kappa shape index (κ2) is 2.37. The molecule has 12 heavy (non-hydrogen) atoms. The van der Waals surface area contributed by atoms with E-state index in [9.17, 15) is 9.90 Å². The molecule has 0 aromatic heterocycles. The third-order valence-corrected chi connectivity index (χ3v) is 1.52. The van der Waals surface area contributed by atoms with Gasteiger partial charge in [-0.15, -0.1) is 0 Å². The van der Waals surface area contributed by atoms with Crippen molar-refractivity contribution in [3.63, 3.8) is 0 Å². The maximum absolute atomic E-state index is 11.1. The Balaban J connectivity index is 2.81. The van der Waals surface area contributed by atoms with Crippen molar-refractivity contribution in [2.45, 2.75) is 26.3 Å². The van der Waals surface area contributed by atoms with Crippen LogP contribution in [-0.4, -0.2) is 16.4 Å². The standard InChI is InChI=1S/C9H13NO2/c1-5-7(11)6(8(5)12)10-9(2,3)4/h10-11H,1H2,2-4H3. The number of carbonyl (C=O) groups is 1. The Kier molecular flexibility index (Phi) is 1.75. The summed E-state index contributed by atoms with van der Waals surface area (Å²) in [5.41, 5.74) is 0.272. The van der Waals surface area contributed by atoms with Gasteiger partial charge in [-0.25, -0.2) is 0 Å². The van der Waals surface area contributed by atoms with Crippen LogP contribution in [0.3, 0.4) is 0 Å². The average molecular weight is 167 g/mol. The minimum absolute atomic E-state index is 0.00470. The molecule has 0 saturated heterocycles. The van der Waals surface area contributed by atoms with Crippen molar-refractivity contribution in [1.29, 1.82) is 0 Å². The molecule has 0 bridgehead atoms. The molecule has 0 spiro atoms. The van der Waals surface area contributed by atoms with Crippen molar-refractivity contribution < 1.29 is 9.90 Å². The first-order valence-corrected chi connectivity index (χ1v) is 3.78. The molecule has 3 heteroatoms. The summed E-state index contributed by atoms with van der Waals surface area (Å²) in [5.74, 6) is -0.197. The largest absolute Gasteiger partial charge is 0.505 e. The van der Waals surface area contributed by atoms with Crippen LogP contribution in [0.5, 0.6) is 0 Å². The minimum atomic E-state index is -0.209.